The lowest BCUT2D eigenvalue weighted by atomic mass is 9.90. The maximum atomic E-state index is 12.8. The lowest BCUT2D eigenvalue weighted by molar-refractivity contribution is 0.0939. The van der Waals surface area contributed by atoms with Crippen LogP contribution < -0.4 is 10.1 Å². The molecule has 4 heteroatoms. The number of methoxy groups -OCH3 is 1. The number of carbonyl (C=O) groups is 1. The van der Waals surface area contributed by atoms with Crippen LogP contribution in [-0.4, -0.2) is 31.0 Å². The zero-order valence-electron chi connectivity index (χ0n) is 19.7. The molecule has 3 aromatic carbocycles. The third-order valence-electron chi connectivity index (χ3n) is 6.65. The summed E-state index contributed by atoms with van der Waals surface area (Å²) >= 11 is 0. The van der Waals surface area contributed by atoms with Crippen LogP contribution in [0, 0.1) is 5.92 Å². The first kappa shape index (κ1) is 23.1. The minimum absolute atomic E-state index is 0.0679. The van der Waals surface area contributed by atoms with E-state index in [1.165, 1.54) is 30.4 Å². The smallest absolute Gasteiger partial charge is 0.251 e. The lowest BCUT2D eigenvalue weighted by Crippen LogP contribution is -2.33. The molecule has 0 saturated carbocycles. The SMILES string of the molecule is COc1ccccc1[C@@H](C)NC(=O)c1ccc(CN2CCC(Cc3ccccc3)CC2)cc1. The van der Waals surface area contributed by atoms with Gasteiger partial charge >= 0.3 is 0 Å². The number of hydrogen-bond donors (Lipinski definition) is 1. The number of likely N-dealkylation sites (tertiary alicyclic amines) is 1. The average Bonchev–Trinajstić information content (AvgIpc) is 2.86. The van der Waals surface area contributed by atoms with Gasteiger partial charge in [-0.15, -0.1) is 0 Å². The Morgan fingerprint density at radius 1 is 0.939 bits per heavy atom. The summed E-state index contributed by atoms with van der Waals surface area (Å²) in [4.78, 5) is 15.3. The van der Waals surface area contributed by atoms with E-state index in [0.29, 0.717) is 5.56 Å². The van der Waals surface area contributed by atoms with Crippen LogP contribution in [0.5, 0.6) is 5.75 Å². The summed E-state index contributed by atoms with van der Waals surface area (Å²) in [5.41, 5.74) is 4.36. The summed E-state index contributed by atoms with van der Waals surface area (Å²) in [7, 11) is 1.65. The van der Waals surface area contributed by atoms with Gasteiger partial charge in [-0.25, -0.2) is 0 Å². The van der Waals surface area contributed by atoms with Gasteiger partial charge in [-0.05, 0) is 74.5 Å². The predicted octanol–water partition coefficient (Wildman–Crippen LogP) is 5.64. The molecule has 1 saturated heterocycles. The monoisotopic (exact) mass is 442 g/mol. The Hall–Kier alpha value is -3.11. The van der Waals surface area contributed by atoms with Gasteiger partial charge in [0.15, 0.2) is 0 Å². The highest BCUT2D eigenvalue weighted by Crippen LogP contribution is 2.25. The fourth-order valence-corrected chi connectivity index (χ4v) is 4.70. The van der Waals surface area contributed by atoms with E-state index in [4.69, 9.17) is 4.74 Å². The van der Waals surface area contributed by atoms with Crippen molar-refractivity contribution in [2.24, 2.45) is 5.92 Å². The van der Waals surface area contributed by atoms with Gasteiger partial charge in [-0.2, -0.15) is 0 Å². The van der Waals surface area contributed by atoms with Gasteiger partial charge in [0.05, 0.1) is 13.2 Å². The largest absolute Gasteiger partial charge is 0.496 e. The van der Waals surface area contributed by atoms with Crippen LogP contribution in [0.2, 0.25) is 0 Å². The van der Waals surface area contributed by atoms with Crippen molar-refractivity contribution < 1.29 is 9.53 Å². The van der Waals surface area contributed by atoms with E-state index >= 15 is 0 Å². The minimum atomic E-state index is -0.134. The molecule has 172 valence electrons. The van der Waals surface area contributed by atoms with Crippen LogP contribution in [0.25, 0.3) is 0 Å². The minimum Gasteiger partial charge on any atom is -0.496 e. The number of carbonyl (C=O) groups excluding carboxylic acids is 1. The highest BCUT2D eigenvalue weighted by atomic mass is 16.5. The molecule has 1 N–H and O–H groups in total. The van der Waals surface area contributed by atoms with Gasteiger partial charge in [0.25, 0.3) is 5.91 Å². The summed E-state index contributed by atoms with van der Waals surface area (Å²) in [5, 5.41) is 3.08. The van der Waals surface area contributed by atoms with Crippen molar-refractivity contribution in [1.82, 2.24) is 10.2 Å². The Bertz CT molecular complexity index is 1030. The summed E-state index contributed by atoms with van der Waals surface area (Å²) < 4.78 is 5.42. The van der Waals surface area contributed by atoms with E-state index in [9.17, 15) is 4.79 Å². The van der Waals surface area contributed by atoms with Crippen molar-refractivity contribution in [3.8, 4) is 5.75 Å². The lowest BCUT2D eigenvalue weighted by Gasteiger charge is -2.32. The highest BCUT2D eigenvalue weighted by molar-refractivity contribution is 5.94. The molecule has 0 unspecified atom stereocenters. The number of rotatable bonds is 8. The topological polar surface area (TPSA) is 41.6 Å². The number of nitrogens with zero attached hydrogens (tertiary/aromatic N) is 1. The van der Waals surface area contributed by atoms with Crippen molar-refractivity contribution in [3.63, 3.8) is 0 Å². The van der Waals surface area contributed by atoms with Crippen molar-refractivity contribution >= 4 is 5.91 Å². The molecule has 1 atom stereocenters. The zero-order valence-corrected chi connectivity index (χ0v) is 19.7. The quantitative estimate of drug-likeness (QED) is 0.491. The standard InChI is InChI=1S/C29H34N2O2/c1-22(27-10-6-7-11-28(27)33-2)30-29(32)26-14-12-25(13-15-26)21-31-18-16-24(17-19-31)20-23-8-4-3-5-9-23/h3-15,22,24H,16-21H2,1-2H3,(H,30,32)/t22-/m1/s1. The summed E-state index contributed by atoms with van der Waals surface area (Å²) in [6, 6.07) is 26.5. The van der Waals surface area contributed by atoms with E-state index < -0.39 is 0 Å². The second-order valence-electron chi connectivity index (χ2n) is 9.04. The van der Waals surface area contributed by atoms with Gasteiger partial charge < -0.3 is 10.1 Å². The number of ether oxygens (including phenoxy) is 1. The molecular weight excluding hydrogens is 408 g/mol. The Kier molecular flexibility index (Phi) is 7.79. The van der Waals surface area contributed by atoms with Crippen LogP contribution in [0.15, 0.2) is 78.9 Å². The van der Waals surface area contributed by atoms with E-state index in [2.05, 4.69) is 52.7 Å². The fourth-order valence-electron chi connectivity index (χ4n) is 4.70. The van der Waals surface area contributed by atoms with Gasteiger partial charge in [-0.3, -0.25) is 9.69 Å². The molecule has 1 heterocycles. The summed E-state index contributed by atoms with van der Waals surface area (Å²) in [5.74, 6) is 1.50. The molecule has 1 fully saturated rings. The Balaban J connectivity index is 1.26. The zero-order chi connectivity index (χ0) is 23.0. The molecule has 1 amide bonds. The number of hydrogen-bond acceptors (Lipinski definition) is 3. The van der Waals surface area contributed by atoms with Gasteiger partial charge in [0.2, 0.25) is 0 Å². The van der Waals surface area contributed by atoms with Crippen molar-refractivity contribution in [1.29, 1.82) is 0 Å². The Morgan fingerprint density at radius 2 is 1.61 bits per heavy atom. The maximum absolute atomic E-state index is 12.8. The molecule has 1 aliphatic heterocycles. The normalized spacial score (nSPS) is 15.7. The molecular formula is C29H34N2O2. The third kappa shape index (κ3) is 6.23. The van der Waals surface area contributed by atoms with Crippen LogP contribution in [0.4, 0.5) is 0 Å². The molecule has 0 aromatic heterocycles. The first-order chi connectivity index (χ1) is 16.1. The first-order valence-corrected chi connectivity index (χ1v) is 11.9. The second kappa shape index (κ2) is 11.2. The van der Waals surface area contributed by atoms with E-state index in [1.54, 1.807) is 7.11 Å². The third-order valence-corrected chi connectivity index (χ3v) is 6.65. The highest BCUT2D eigenvalue weighted by Gasteiger charge is 2.20. The average molecular weight is 443 g/mol. The van der Waals surface area contributed by atoms with Gasteiger partial charge in [-0.1, -0.05) is 60.7 Å². The number of piperidine rings is 1. The molecule has 0 aliphatic carbocycles. The fraction of sp³-hybridized carbons (Fsp3) is 0.345. The number of nitrogens with one attached hydrogen (secondary N) is 1. The molecule has 0 bridgehead atoms. The molecule has 1 aliphatic rings. The molecule has 4 nitrogen and oxygen atoms in total. The second-order valence-corrected chi connectivity index (χ2v) is 9.04. The van der Waals surface area contributed by atoms with E-state index in [-0.39, 0.29) is 11.9 Å². The molecule has 33 heavy (non-hydrogen) atoms. The molecule has 3 aromatic rings. The number of para-hydroxylation sites is 1. The summed E-state index contributed by atoms with van der Waals surface area (Å²) in [6.07, 6.45) is 3.68. The van der Waals surface area contributed by atoms with Gasteiger partial charge in [0.1, 0.15) is 5.75 Å². The van der Waals surface area contributed by atoms with Crippen molar-refractivity contribution in [2.75, 3.05) is 20.2 Å². The van der Waals surface area contributed by atoms with Crippen LogP contribution in [0.3, 0.4) is 0 Å². The Morgan fingerprint density at radius 3 is 2.30 bits per heavy atom. The van der Waals surface area contributed by atoms with E-state index in [1.807, 2.05) is 43.3 Å². The maximum Gasteiger partial charge on any atom is 0.251 e. The van der Waals surface area contributed by atoms with E-state index in [0.717, 1.165) is 36.9 Å². The number of amides is 1. The molecule has 4 rings (SSSR count). The van der Waals surface area contributed by atoms with Crippen LogP contribution >= 0.6 is 0 Å². The predicted molar refractivity (Wildman–Crippen MR) is 133 cm³/mol. The number of benzene rings is 3. The van der Waals surface area contributed by atoms with Crippen LogP contribution in [0.1, 0.15) is 52.9 Å². The van der Waals surface area contributed by atoms with Crippen molar-refractivity contribution in [2.45, 2.75) is 38.8 Å². The summed E-state index contributed by atoms with van der Waals surface area (Å²) in [6.45, 7) is 5.19. The first-order valence-electron chi connectivity index (χ1n) is 11.9. The molecule has 0 spiro atoms. The Labute approximate surface area is 197 Å². The van der Waals surface area contributed by atoms with Crippen molar-refractivity contribution in [3.05, 3.63) is 101 Å². The molecule has 0 radical (unpaired) electrons. The van der Waals surface area contributed by atoms with Crippen LogP contribution in [-0.2, 0) is 13.0 Å². The van der Waals surface area contributed by atoms with Gasteiger partial charge in [0, 0.05) is 17.7 Å².